The molecule has 19 heavy (non-hydrogen) atoms. The van der Waals surface area contributed by atoms with Gasteiger partial charge in [-0.15, -0.1) is 0 Å². The Balaban J connectivity index is 0.00000180. The predicted octanol–water partition coefficient (Wildman–Crippen LogP) is 0.0267. The van der Waals surface area contributed by atoms with E-state index < -0.39 is 0 Å². The zero-order valence-electron chi connectivity index (χ0n) is 11.0. The lowest BCUT2D eigenvalue weighted by atomic mass is 10.3. The second-order valence-electron chi connectivity index (χ2n) is 4.29. The number of benzene rings is 1. The van der Waals surface area contributed by atoms with Crippen molar-refractivity contribution in [2.24, 2.45) is 0 Å². The number of rotatable bonds is 4. The standard InChI is InChI=1S/C15H16NOS.HI/c1-12-8-9-15(16(10-12)11-13(2)17)18-14-6-4-3-5-7-14;/h3-10H,11H2,1-2H3;1H/q+1;/p-1. The average Bonchev–Trinajstić information content (AvgIpc) is 2.33. The van der Waals surface area contributed by atoms with E-state index in [0.717, 1.165) is 10.6 Å². The molecule has 2 aromatic rings. The molecule has 0 N–H and O–H groups in total. The fourth-order valence-corrected chi connectivity index (χ4v) is 2.62. The highest BCUT2D eigenvalue weighted by molar-refractivity contribution is 7.99. The van der Waals surface area contributed by atoms with Crippen molar-refractivity contribution in [2.45, 2.75) is 30.3 Å². The highest BCUT2D eigenvalue weighted by Crippen LogP contribution is 2.24. The minimum atomic E-state index is 0. The molecule has 100 valence electrons. The summed E-state index contributed by atoms with van der Waals surface area (Å²) in [5.74, 6) is 0.167. The highest BCUT2D eigenvalue weighted by Gasteiger charge is 2.14. The molecule has 0 amide bonds. The Morgan fingerprint density at radius 2 is 1.84 bits per heavy atom. The number of Topliss-reactive ketones (excluding diaryl/α,β-unsaturated/α-hetero) is 1. The van der Waals surface area contributed by atoms with Gasteiger partial charge >= 0.3 is 0 Å². The highest BCUT2D eigenvalue weighted by atomic mass is 127. The SMILES string of the molecule is CC(=O)C[n+]1cc(C)ccc1Sc1ccccc1.[I-]. The van der Waals surface area contributed by atoms with E-state index >= 15 is 0 Å². The van der Waals surface area contributed by atoms with Gasteiger partial charge in [0.2, 0.25) is 11.6 Å². The largest absolute Gasteiger partial charge is 1.00 e. The number of hydrogen-bond acceptors (Lipinski definition) is 2. The van der Waals surface area contributed by atoms with Crippen molar-refractivity contribution < 1.29 is 33.3 Å². The molecule has 0 aliphatic heterocycles. The third kappa shape index (κ3) is 4.95. The van der Waals surface area contributed by atoms with Crippen LogP contribution in [0.3, 0.4) is 0 Å². The van der Waals surface area contributed by atoms with E-state index in [2.05, 4.69) is 24.3 Å². The van der Waals surface area contributed by atoms with Crippen LogP contribution in [-0.2, 0) is 11.3 Å². The van der Waals surface area contributed by atoms with E-state index in [4.69, 9.17) is 0 Å². The zero-order valence-corrected chi connectivity index (χ0v) is 13.9. The Morgan fingerprint density at radius 1 is 1.16 bits per heavy atom. The summed E-state index contributed by atoms with van der Waals surface area (Å²) in [6, 6.07) is 14.3. The van der Waals surface area contributed by atoms with Crippen LogP contribution in [0.2, 0.25) is 0 Å². The van der Waals surface area contributed by atoms with Gasteiger partial charge in [0, 0.05) is 23.4 Å². The van der Waals surface area contributed by atoms with E-state index in [1.165, 1.54) is 4.90 Å². The molecule has 4 heteroatoms. The number of carbonyl (C=O) groups excluding carboxylic acids is 1. The number of pyridine rings is 1. The molecule has 0 aliphatic carbocycles. The quantitative estimate of drug-likeness (QED) is 0.547. The summed E-state index contributed by atoms with van der Waals surface area (Å²) in [7, 11) is 0. The van der Waals surface area contributed by atoms with Gasteiger partial charge in [0.25, 0.3) is 0 Å². The minimum Gasteiger partial charge on any atom is -1.00 e. The Labute approximate surface area is 135 Å². The first-order valence-corrected chi connectivity index (χ1v) is 6.69. The molecule has 1 aromatic carbocycles. The van der Waals surface area contributed by atoms with E-state index in [9.17, 15) is 4.79 Å². The number of nitrogens with zero attached hydrogens (tertiary/aromatic N) is 1. The molecular formula is C15H16INOS. The van der Waals surface area contributed by atoms with Crippen molar-refractivity contribution in [1.29, 1.82) is 0 Å². The Morgan fingerprint density at radius 3 is 2.47 bits per heavy atom. The van der Waals surface area contributed by atoms with E-state index in [-0.39, 0.29) is 29.8 Å². The monoisotopic (exact) mass is 385 g/mol. The maximum atomic E-state index is 11.3. The van der Waals surface area contributed by atoms with Gasteiger partial charge < -0.3 is 24.0 Å². The Bertz CT molecular complexity index is 557. The van der Waals surface area contributed by atoms with E-state index in [1.807, 2.05) is 35.9 Å². The van der Waals surface area contributed by atoms with Gasteiger partial charge in [-0.2, -0.15) is 4.57 Å². The van der Waals surface area contributed by atoms with Gasteiger partial charge in [-0.3, -0.25) is 4.79 Å². The number of aromatic nitrogens is 1. The molecule has 0 atom stereocenters. The lowest BCUT2D eigenvalue weighted by Crippen LogP contribution is -3.00. The van der Waals surface area contributed by atoms with Gasteiger partial charge in [0.05, 0.1) is 0 Å². The normalized spacial score (nSPS) is 9.79. The van der Waals surface area contributed by atoms with Crippen LogP contribution in [0.1, 0.15) is 12.5 Å². The summed E-state index contributed by atoms with van der Waals surface area (Å²) in [5.41, 5.74) is 1.16. The maximum absolute atomic E-state index is 11.3. The Hall–Kier alpha value is -0.880. The van der Waals surface area contributed by atoms with Crippen molar-refractivity contribution in [3.8, 4) is 0 Å². The third-order valence-corrected chi connectivity index (χ3v) is 3.58. The molecular weight excluding hydrogens is 369 g/mol. The second-order valence-corrected chi connectivity index (χ2v) is 5.38. The summed E-state index contributed by atoms with van der Waals surface area (Å²) in [5, 5.41) is 1.09. The fourth-order valence-electron chi connectivity index (χ4n) is 1.72. The molecule has 0 saturated carbocycles. The first-order valence-electron chi connectivity index (χ1n) is 5.87. The molecule has 0 spiro atoms. The molecule has 0 bridgehead atoms. The average molecular weight is 385 g/mol. The van der Waals surface area contributed by atoms with Gasteiger partial charge in [-0.25, -0.2) is 0 Å². The molecule has 1 aromatic heterocycles. The molecule has 0 aliphatic rings. The lowest BCUT2D eigenvalue weighted by molar-refractivity contribution is -0.720. The molecule has 0 unspecified atom stereocenters. The van der Waals surface area contributed by atoms with Crippen LogP contribution >= 0.6 is 11.8 Å². The topological polar surface area (TPSA) is 20.9 Å². The number of hydrogen-bond donors (Lipinski definition) is 0. The predicted molar refractivity (Wildman–Crippen MR) is 72.6 cm³/mol. The van der Waals surface area contributed by atoms with Gasteiger partial charge in [-0.1, -0.05) is 18.2 Å². The summed E-state index contributed by atoms with van der Waals surface area (Å²) in [6.07, 6.45) is 2.02. The van der Waals surface area contributed by atoms with Crippen LogP contribution in [0.15, 0.2) is 58.6 Å². The van der Waals surface area contributed by atoms with Crippen LogP contribution in [-0.4, -0.2) is 5.78 Å². The fraction of sp³-hybridized carbons (Fsp3) is 0.200. The zero-order chi connectivity index (χ0) is 13.0. The van der Waals surface area contributed by atoms with Gasteiger partial charge in [-0.05, 0) is 36.9 Å². The molecule has 1 heterocycles. The van der Waals surface area contributed by atoms with Crippen molar-refractivity contribution >= 4 is 17.5 Å². The number of carbonyl (C=O) groups is 1. The van der Waals surface area contributed by atoms with Crippen molar-refractivity contribution in [2.75, 3.05) is 0 Å². The van der Waals surface area contributed by atoms with Crippen molar-refractivity contribution in [3.05, 3.63) is 54.2 Å². The molecule has 0 fully saturated rings. The van der Waals surface area contributed by atoms with Crippen LogP contribution in [0.25, 0.3) is 0 Å². The van der Waals surface area contributed by atoms with Gasteiger partial charge in [0.15, 0.2) is 12.0 Å². The number of halogens is 1. The third-order valence-electron chi connectivity index (χ3n) is 2.49. The second kappa shape index (κ2) is 7.65. The van der Waals surface area contributed by atoms with Crippen LogP contribution in [0.5, 0.6) is 0 Å². The van der Waals surface area contributed by atoms with Gasteiger partial charge in [0.1, 0.15) is 0 Å². The Kier molecular flexibility index (Phi) is 6.51. The molecule has 0 radical (unpaired) electrons. The smallest absolute Gasteiger partial charge is 0.245 e. The maximum Gasteiger partial charge on any atom is 0.245 e. The summed E-state index contributed by atoms with van der Waals surface area (Å²) < 4.78 is 2.01. The molecule has 2 nitrogen and oxygen atoms in total. The van der Waals surface area contributed by atoms with Crippen molar-refractivity contribution in [3.63, 3.8) is 0 Å². The van der Waals surface area contributed by atoms with Crippen LogP contribution < -0.4 is 28.5 Å². The van der Waals surface area contributed by atoms with Crippen LogP contribution in [0, 0.1) is 6.92 Å². The summed E-state index contributed by atoms with van der Waals surface area (Å²) in [6.45, 7) is 4.08. The van der Waals surface area contributed by atoms with Crippen LogP contribution in [0.4, 0.5) is 0 Å². The minimum absolute atomic E-state index is 0. The number of ketones is 1. The van der Waals surface area contributed by atoms with Crippen molar-refractivity contribution in [1.82, 2.24) is 0 Å². The summed E-state index contributed by atoms with van der Waals surface area (Å²) >= 11 is 1.68. The summed E-state index contributed by atoms with van der Waals surface area (Å²) in [4.78, 5) is 12.5. The first-order chi connectivity index (χ1) is 8.65. The van der Waals surface area contributed by atoms with E-state index in [1.54, 1.807) is 18.7 Å². The molecule has 0 saturated heterocycles. The van der Waals surface area contributed by atoms with E-state index in [0.29, 0.717) is 6.54 Å². The molecule has 2 rings (SSSR count). The number of aryl methyl sites for hydroxylation is 1. The first kappa shape index (κ1) is 16.2. The lowest BCUT2D eigenvalue weighted by Gasteiger charge is -2.03.